The quantitative estimate of drug-likeness (QED) is 0.211. The number of nitrogens with zero attached hydrogens (tertiary/aromatic N) is 3. The standard InChI is InChI=1S/C28H25N3O6S/c1-17-10-12-22(23(14-17)31(35)36)24-13-11-21(37-24)16-25-26(32)30(20-8-3-2-4-9-20)28(38-25)29-19-7-5-6-18(15-19)27(33)34/h5-7,10-16,20H,2-4,8-9H2,1H3,(H,33,34)/b25-16+,29-28?. The van der Waals surface area contributed by atoms with Gasteiger partial charge in [-0.3, -0.25) is 19.8 Å². The van der Waals surface area contributed by atoms with Crippen LogP contribution in [0.15, 0.2) is 68.9 Å². The molecule has 1 aromatic heterocycles. The zero-order valence-corrected chi connectivity index (χ0v) is 21.4. The van der Waals surface area contributed by atoms with E-state index in [1.165, 1.54) is 30.0 Å². The Labute approximate surface area is 223 Å². The van der Waals surface area contributed by atoms with Gasteiger partial charge in [0, 0.05) is 18.2 Å². The van der Waals surface area contributed by atoms with E-state index in [2.05, 4.69) is 4.99 Å². The van der Waals surface area contributed by atoms with E-state index in [0.717, 1.165) is 37.7 Å². The Morgan fingerprint density at radius 1 is 1.16 bits per heavy atom. The van der Waals surface area contributed by atoms with Gasteiger partial charge in [-0.2, -0.15) is 0 Å². The van der Waals surface area contributed by atoms with Crippen molar-refractivity contribution in [1.29, 1.82) is 0 Å². The average molecular weight is 532 g/mol. The molecule has 1 aliphatic heterocycles. The molecular weight excluding hydrogens is 506 g/mol. The number of furan rings is 1. The lowest BCUT2D eigenvalue weighted by Crippen LogP contribution is -2.40. The molecule has 1 N–H and O–H groups in total. The van der Waals surface area contributed by atoms with Crippen molar-refractivity contribution in [2.75, 3.05) is 0 Å². The lowest BCUT2D eigenvalue weighted by molar-refractivity contribution is -0.384. The second kappa shape index (κ2) is 10.7. The first-order chi connectivity index (χ1) is 18.3. The molecule has 0 bridgehead atoms. The van der Waals surface area contributed by atoms with Gasteiger partial charge in [0.05, 0.1) is 26.6 Å². The number of amidine groups is 1. The molecule has 2 heterocycles. The largest absolute Gasteiger partial charge is 0.478 e. The number of amides is 1. The number of carboxylic acids is 1. The molecule has 3 aromatic rings. The molecule has 5 rings (SSSR count). The van der Waals surface area contributed by atoms with Gasteiger partial charge in [-0.1, -0.05) is 31.4 Å². The van der Waals surface area contributed by atoms with Crippen LogP contribution >= 0.6 is 11.8 Å². The van der Waals surface area contributed by atoms with Gasteiger partial charge in [0.1, 0.15) is 11.5 Å². The van der Waals surface area contributed by atoms with Gasteiger partial charge in [0.15, 0.2) is 5.17 Å². The maximum atomic E-state index is 13.6. The molecule has 194 valence electrons. The number of carbonyl (C=O) groups is 2. The van der Waals surface area contributed by atoms with Crippen molar-refractivity contribution in [3.8, 4) is 11.3 Å². The van der Waals surface area contributed by atoms with Crippen LogP contribution in [0.2, 0.25) is 0 Å². The number of hydrogen-bond donors (Lipinski definition) is 1. The summed E-state index contributed by atoms with van der Waals surface area (Å²) in [6, 6.07) is 14.6. The number of rotatable bonds is 6. The summed E-state index contributed by atoms with van der Waals surface area (Å²) in [7, 11) is 0. The van der Waals surface area contributed by atoms with E-state index in [9.17, 15) is 24.8 Å². The molecule has 2 aliphatic rings. The molecule has 9 nitrogen and oxygen atoms in total. The fourth-order valence-electron chi connectivity index (χ4n) is 4.75. The van der Waals surface area contributed by atoms with Crippen molar-refractivity contribution >= 4 is 46.3 Å². The van der Waals surface area contributed by atoms with Gasteiger partial charge in [-0.25, -0.2) is 9.79 Å². The molecular formula is C28H25N3O6S. The normalized spacial score (nSPS) is 18.4. The van der Waals surface area contributed by atoms with Crippen LogP contribution in [0.4, 0.5) is 11.4 Å². The van der Waals surface area contributed by atoms with Gasteiger partial charge in [0.25, 0.3) is 11.6 Å². The number of aromatic carboxylic acids is 1. The van der Waals surface area contributed by atoms with E-state index in [-0.39, 0.29) is 23.2 Å². The predicted molar refractivity (Wildman–Crippen MR) is 145 cm³/mol. The Bertz CT molecular complexity index is 1490. The maximum absolute atomic E-state index is 13.6. The zero-order chi connectivity index (χ0) is 26.8. The molecule has 38 heavy (non-hydrogen) atoms. The zero-order valence-electron chi connectivity index (χ0n) is 20.6. The highest BCUT2D eigenvalue weighted by Gasteiger charge is 2.39. The summed E-state index contributed by atoms with van der Waals surface area (Å²) in [5.74, 6) is -0.505. The summed E-state index contributed by atoms with van der Waals surface area (Å²) in [4.78, 5) is 42.9. The number of aryl methyl sites for hydroxylation is 1. The van der Waals surface area contributed by atoms with Crippen LogP contribution in [0.1, 0.15) is 53.8 Å². The van der Waals surface area contributed by atoms with Crippen molar-refractivity contribution in [3.05, 3.63) is 86.5 Å². The summed E-state index contributed by atoms with van der Waals surface area (Å²) in [6.07, 6.45) is 6.55. The topological polar surface area (TPSA) is 126 Å². The summed E-state index contributed by atoms with van der Waals surface area (Å²) in [5.41, 5.74) is 1.65. The minimum absolute atomic E-state index is 0.0124. The number of benzene rings is 2. The molecule has 1 saturated heterocycles. The highest BCUT2D eigenvalue weighted by molar-refractivity contribution is 8.18. The predicted octanol–water partition coefficient (Wildman–Crippen LogP) is 6.80. The van der Waals surface area contributed by atoms with E-state index in [1.54, 1.807) is 54.3 Å². The third-order valence-electron chi connectivity index (χ3n) is 6.61. The van der Waals surface area contributed by atoms with Crippen LogP contribution in [0.5, 0.6) is 0 Å². The van der Waals surface area contributed by atoms with Crippen molar-refractivity contribution in [2.24, 2.45) is 4.99 Å². The number of carboxylic acid groups (broad SMARTS) is 1. The van der Waals surface area contributed by atoms with Crippen molar-refractivity contribution < 1.29 is 24.0 Å². The minimum atomic E-state index is -1.05. The highest BCUT2D eigenvalue weighted by Crippen LogP contribution is 2.39. The molecule has 0 radical (unpaired) electrons. The fraction of sp³-hybridized carbons (Fsp3) is 0.250. The molecule has 10 heteroatoms. The van der Waals surface area contributed by atoms with Gasteiger partial charge in [0.2, 0.25) is 0 Å². The lowest BCUT2D eigenvalue weighted by Gasteiger charge is -2.30. The summed E-state index contributed by atoms with van der Waals surface area (Å²) in [5, 5.41) is 21.4. The third-order valence-corrected chi connectivity index (χ3v) is 7.59. The van der Waals surface area contributed by atoms with Crippen molar-refractivity contribution in [2.45, 2.75) is 45.1 Å². The summed E-state index contributed by atoms with van der Waals surface area (Å²) >= 11 is 1.21. The van der Waals surface area contributed by atoms with Crippen molar-refractivity contribution in [1.82, 2.24) is 4.90 Å². The first kappa shape index (κ1) is 25.5. The molecule has 1 aliphatic carbocycles. The summed E-state index contributed by atoms with van der Waals surface area (Å²) < 4.78 is 5.92. The third kappa shape index (κ3) is 5.26. The van der Waals surface area contributed by atoms with E-state index in [4.69, 9.17) is 4.42 Å². The maximum Gasteiger partial charge on any atom is 0.335 e. The number of nitro benzene ring substituents is 1. The van der Waals surface area contributed by atoms with Gasteiger partial charge >= 0.3 is 5.97 Å². The number of hydrogen-bond acceptors (Lipinski definition) is 7. The smallest absolute Gasteiger partial charge is 0.335 e. The molecule has 1 amide bonds. The van der Waals surface area contributed by atoms with E-state index in [1.807, 2.05) is 0 Å². The Hall–Kier alpha value is -4.18. The number of thioether (sulfide) groups is 1. The minimum Gasteiger partial charge on any atom is -0.478 e. The highest BCUT2D eigenvalue weighted by atomic mass is 32.2. The Balaban J connectivity index is 1.49. The van der Waals surface area contributed by atoms with E-state index < -0.39 is 10.9 Å². The van der Waals surface area contributed by atoms with Crippen LogP contribution in [-0.4, -0.2) is 38.0 Å². The first-order valence-corrected chi connectivity index (χ1v) is 13.1. The Kier molecular flexibility index (Phi) is 7.15. The van der Waals surface area contributed by atoms with Crippen LogP contribution in [-0.2, 0) is 4.79 Å². The SMILES string of the molecule is Cc1ccc(-c2ccc(/C=C3/SC(=Nc4cccc(C(=O)O)c4)N(C4CCCCC4)C3=O)o2)c([N+](=O)[O-])c1. The van der Waals surface area contributed by atoms with Crippen LogP contribution in [0, 0.1) is 17.0 Å². The first-order valence-electron chi connectivity index (χ1n) is 12.3. The van der Waals surface area contributed by atoms with E-state index in [0.29, 0.717) is 32.8 Å². The van der Waals surface area contributed by atoms with Crippen LogP contribution < -0.4 is 0 Å². The number of nitro groups is 1. The Morgan fingerprint density at radius 2 is 1.95 bits per heavy atom. The lowest BCUT2D eigenvalue weighted by atomic mass is 9.94. The van der Waals surface area contributed by atoms with Crippen LogP contribution in [0.3, 0.4) is 0 Å². The molecule has 0 atom stereocenters. The van der Waals surface area contributed by atoms with Crippen molar-refractivity contribution in [3.63, 3.8) is 0 Å². The molecule has 2 aromatic carbocycles. The monoisotopic (exact) mass is 531 g/mol. The molecule has 0 spiro atoms. The fourth-order valence-corrected chi connectivity index (χ4v) is 5.79. The average Bonchev–Trinajstić information content (AvgIpc) is 3.49. The van der Waals surface area contributed by atoms with E-state index >= 15 is 0 Å². The Morgan fingerprint density at radius 3 is 2.68 bits per heavy atom. The van der Waals surface area contributed by atoms with Crippen LogP contribution in [0.25, 0.3) is 17.4 Å². The summed E-state index contributed by atoms with van der Waals surface area (Å²) in [6.45, 7) is 1.78. The number of aliphatic imine (C=N–C) groups is 1. The van der Waals surface area contributed by atoms with Gasteiger partial charge < -0.3 is 9.52 Å². The molecule has 2 fully saturated rings. The molecule has 1 saturated carbocycles. The second-order valence-electron chi connectivity index (χ2n) is 9.31. The number of carbonyl (C=O) groups excluding carboxylic acids is 1. The van der Waals surface area contributed by atoms with Gasteiger partial charge in [-0.05, 0) is 73.5 Å². The second-order valence-corrected chi connectivity index (χ2v) is 10.3. The van der Waals surface area contributed by atoms with Gasteiger partial charge in [-0.15, -0.1) is 0 Å². The molecule has 0 unspecified atom stereocenters.